The number of likely N-dealkylation sites (N-methyl/N-ethyl adjacent to an activating group) is 1. The van der Waals surface area contributed by atoms with Crippen LogP contribution in [0.2, 0.25) is 0 Å². The second kappa shape index (κ2) is 6.72. The Labute approximate surface area is 111 Å². The van der Waals surface area contributed by atoms with Crippen LogP contribution in [0.25, 0.3) is 0 Å². The monoisotopic (exact) mass is 268 g/mol. The van der Waals surface area contributed by atoms with Crippen molar-refractivity contribution in [1.82, 2.24) is 5.32 Å². The summed E-state index contributed by atoms with van der Waals surface area (Å²) in [4.78, 5) is 11.6. The Kier molecular flexibility index (Phi) is 5.29. The number of benzene rings is 1. The molecule has 0 saturated heterocycles. The fraction of sp³-hybridized carbons (Fsp3) is 0.385. The summed E-state index contributed by atoms with van der Waals surface area (Å²) in [5, 5.41) is 14.4. The van der Waals surface area contributed by atoms with Crippen molar-refractivity contribution in [3.8, 4) is 5.75 Å². The van der Waals surface area contributed by atoms with Crippen molar-refractivity contribution in [1.29, 1.82) is 0 Å². The SMILES string of the molecule is CCNC(=O)C(C)Oc1cc(F)ccc1C(C)=NO. The molecule has 1 aromatic rings. The number of amides is 1. The number of hydrogen-bond donors (Lipinski definition) is 2. The zero-order chi connectivity index (χ0) is 14.4. The fourth-order valence-corrected chi connectivity index (χ4v) is 1.51. The minimum atomic E-state index is -0.771. The molecule has 6 heteroatoms. The van der Waals surface area contributed by atoms with Gasteiger partial charge in [0.05, 0.1) is 5.71 Å². The summed E-state index contributed by atoms with van der Waals surface area (Å²) in [6.45, 7) is 5.39. The first-order valence-corrected chi connectivity index (χ1v) is 5.92. The van der Waals surface area contributed by atoms with Crippen molar-refractivity contribution in [2.45, 2.75) is 26.9 Å². The molecule has 0 aromatic heterocycles. The summed E-state index contributed by atoms with van der Waals surface area (Å²) in [5.41, 5.74) is 0.707. The van der Waals surface area contributed by atoms with Gasteiger partial charge in [-0.15, -0.1) is 0 Å². The number of nitrogens with one attached hydrogen (secondary N) is 1. The molecule has 1 unspecified atom stereocenters. The number of nitrogens with zero attached hydrogens (tertiary/aromatic N) is 1. The molecule has 1 amide bonds. The summed E-state index contributed by atoms with van der Waals surface area (Å²) in [6.07, 6.45) is -0.771. The van der Waals surface area contributed by atoms with Gasteiger partial charge < -0.3 is 15.3 Å². The molecule has 0 aliphatic carbocycles. The highest BCUT2D eigenvalue weighted by atomic mass is 19.1. The molecule has 0 bridgehead atoms. The average molecular weight is 268 g/mol. The smallest absolute Gasteiger partial charge is 0.260 e. The van der Waals surface area contributed by atoms with Crippen LogP contribution in [0.4, 0.5) is 4.39 Å². The second-order valence-electron chi connectivity index (χ2n) is 3.98. The number of carbonyl (C=O) groups excluding carboxylic acids is 1. The van der Waals surface area contributed by atoms with Crippen LogP contribution >= 0.6 is 0 Å². The van der Waals surface area contributed by atoms with Gasteiger partial charge in [-0.3, -0.25) is 4.79 Å². The maximum atomic E-state index is 13.2. The Balaban J connectivity index is 2.99. The summed E-state index contributed by atoms with van der Waals surface area (Å²) in [6, 6.07) is 3.82. The first-order chi connectivity index (χ1) is 8.99. The van der Waals surface area contributed by atoms with E-state index in [-0.39, 0.29) is 17.4 Å². The third-order valence-corrected chi connectivity index (χ3v) is 2.51. The minimum absolute atomic E-state index is 0.161. The molecule has 0 aliphatic rings. The first-order valence-electron chi connectivity index (χ1n) is 5.92. The van der Waals surface area contributed by atoms with Gasteiger partial charge in [0.1, 0.15) is 11.6 Å². The third kappa shape index (κ3) is 3.94. The van der Waals surface area contributed by atoms with E-state index in [0.717, 1.165) is 6.07 Å². The van der Waals surface area contributed by atoms with E-state index >= 15 is 0 Å². The van der Waals surface area contributed by atoms with Gasteiger partial charge in [-0.1, -0.05) is 5.16 Å². The first kappa shape index (κ1) is 14.9. The lowest BCUT2D eigenvalue weighted by molar-refractivity contribution is -0.127. The number of ether oxygens (including phenoxy) is 1. The Morgan fingerprint density at radius 3 is 2.84 bits per heavy atom. The highest BCUT2D eigenvalue weighted by Gasteiger charge is 2.17. The molecule has 0 radical (unpaired) electrons. The average Bonchev–Trinajstić information content (AvgIpc) is 2.38. The van der Waals surface area contributed by atoms with Crippen LogP contribution < -0.4 is 10.1 Å². The normalized spacial score (nSPS) is 12.9. The molecule has 0 aliphatic heterocycles. The predicted molar refractivity (Wildman–Crippen MR) is 69.2 cm³/mol. The van der Waals surface area contributed by atoms with Crippen LogP contribution in [-0.4, -0.2) is 29.5 Å². The van der Waals surface area contributed by atoms with Gasteiger partial charge in [-0.25, -0.2) is 4.39 Å². The molecule has 0 spiro atoms. The third-order valence-electron chi connectivity index (χ3n) is 2.51. The number of hydrogen-bond acceptors (Lipinski definition) is 4. The molecule has 1 atom stereocenters. The summed E-state index contributed by atoms with van der Waals surface area (Å²) < 4.78 is 18.7. The lowest BCUT2D eigenvalue weighted by Gasteiger charge is -2.16. The molecule has 19 heavy (non-hydrogen) atoms. The van der Waals surface area contributed by atoms with Crippen molar-refractivity contribution in [2.24, 2.45) is 5.16 Å². The van der Waals surface area contributed by atoms with E-state index in [0.29, 0.717) is 12.1 Å². The molecule has 1 rings (SSSR count). The van der Waals surface area contributed by atoms with Gasteiger partial charge in [0.2, 0.25) is 0 Å². The maximum Gasteiger partial charge on any atom is 0.260 e. The van der Waals surface area contributed by atoms with Crippen LogP contribution in [0.3, 0.4) is 0 Å². The maximum absolute atomic E-state index is 13.2. The standard InChI is InChI=1S/C13H17FN2O3/c1-4-15-13(17)9(3)19-12-7-10(14)5-6-11(12)8(2)16-18/h5-7,9,18H,4H2,1-3H3,(H,15,17). The Morgan fingerprint density at radius 1 is 1.58 bits per heavy atom. The van der Waals surface area contributed by atoms with Crippen LogP contribution in [-0.2, 0) is 4.79 Å². The summed E-state index contributed by atoms with van der Waals surface area (Å²) >= 11 is 0. The molecule has 5 nitrogen and oxygen atoms in total. The van der Waals surface area contributed by atoms with Crippen molar-refractivity contribution in [3.05, 3.63) is 29.6 Å². The summed E-state index contributed by atoms with van der Waals surface area (Å²) in [7, 11) is 0. The highest BCUT2D eigenvalue weighted by Crippen LogP contribution is 2.22. The lowest BCUT2D eigenvalue weighted by atomic mass is 10.1. The number of rotatable bonds is 5. The van der Waals surface area contributed by atoms with E-state index in [9.17, 15) is 9.18 Å². The molecule has 1 aromatic carbocycles. The van der Waals surface area contributed by atoms with Crippen LogP contribution in [0, 0.1) is 5.82 Å². The molecular formula is C13H17FN2O3. The zero-order valence-corrected chi connectivity index (χ0v) is 11.1. The molecule has 0 fully saturated rings. The second-order valence-corrected chi connectivity index (χ2v) is 3.98. The van der Waals surface area contributed by atoms with Crippen molar-refractivity contribution >= 4 is 11.6 Å². The topological polar surface area (TPSA) is 70.9 Å². The van der Waals surface area contributed by atoms with Crippen molar-refractivity contribution < 1.29 is 19.1 Å². The van der Waals surface area contributed by atoms with Crippen molar-refractivity contribution in [3.63, 3.8) is 0 Å². The molecule has 0 saturated carbocycles. The fourth-order valence-electron chi connectivity index (χ4n) is 1.51. The van der Waals surface area contributed by atoms with Gasteiger partial charge >= 0.3 is 0 Å². The molecular weight excluding hydrogens is 251 g/mol. The van der Waals surface area contributed by atoms with E-state index in [2.05, 4.69) is 10.5 Å². The van der Waals surface area contributed by atoms with E-state index < -0.39 is 11.9 Å². The number of oxime groups is 1. The molecule has 0 heterocycles. The van der Waals surface area contributed by atoms with Gasteiger partial charge in [0, 0.05) is 18.2 Å². The van der Waals surface area contributed by atoms with Crippen molar-refractivity contribution in [2.75, 3.05) is 6.54 Å². The largest absolute Gasteiger partial charge is 0.480 e. The van der Waals surface area contributed by atoms with Crippen LogP contribution in [0.1, 0.15) is 26.3 Å². The highest BCUT2D eigenvalue weighted by molar-refractivity contribution is 6.00. The van der Waals surface area contributed by atoms with Gasteiger partial charge in [0.15, 0.2) is 6.10 Å². The predicted octanol–water partition coefficient (Wildman–Crippen LogP) is 1.93. The van der Waals surface area contributed by atoms with Gasteiger partial charge in [-0.2, -0.15) is 0 Å². The quantitative estimate of drug-likeness (QED) is 0.487. The van der Waals surface area contributed by atoms with E-state index in [4.69, 9.17) is 9.94 Å². The van der Waals surface area contributed by atoms with E-state index in [1.807, 2.05) is 0 Å². The van der Waals surface area contributed by atoms with Crippen LogP contribution in [0.15, 0.2) is 23.4 Å². The summed E-state index contributed by atoms with van der Waals surface area (Å²) in [5.74, 6) is -0.627. The Hall–Kier alpha value is -2.11. The van der Waals surface area contributed by atoms with Crippen LogP contribution in [0.5, 0.6) is 5.75 Å². The van der Waals surface area contributed by atoms with E-state index in [1.165, 1.54) is 12.1 Å². The minimum Gasteiger partial charge on any atom is -0.480 e. The van der Waals surface area contributed by atoms with Gasteiger partial charge in [-0.05, 0) is 32.9 Å². The Bertz CT molecular complexity index is 489. The lowest BCUT2D eigenvalue weighted by Crippen LogP contribution is -2.36. The number of halogens is 1. The number of carbonyl (C=O) groups is 1. The molecule has 104 valence electrons. The zero-order valence-electron chi connectivity index (χ0n) is 11.1. The van der Waals surface area contributed by atoms with E-state index in [1.54, 1.807) is 20.8 Å². The Morgan fingerprint density at radius 2 is 2.26 bits per heavy atom. The molecule has 2 N–H and O–H groups in total. The van der Waals surface area contributed by atoms with Gasteiger partial charge in [0.25, 0.3) is 5.91 Å².